The highest BCUT2D eigenvalue weighted by atomic mass is 16.5. The van der Waals surface area contributed by atoms with Gasteiger partial charge in [-0.2, -0.15) is 0 Å². The monoisotopic (exact) mass is 285 g/mol. The van der Waals surface area contributed by atoms with E-state index in [4.69, 9.17) is 4.74 Å². The number of aryl methyl sites for hydroxylation is 2. The summed E-state index contributed by atoms with van der Waals surface area (Å²) in [6.45, 7) is 4.05. The lowest BCUT2D eigenvalue weighted by atomic mass is 10.1. The van der Waals surface area contributed by atoms with E-state index >= 15 is 0 Å². The number of hydrogen-bond donors (Lipinski definition) is 2. The predicted octanol–water partition coefficient (Wildman–Crippen LogP) is 3.11. The van der Waals surface area contributed by atoms with Gasteiger partial charge in [0.05, 0.1) is 0 Å². The molecule has 1 aromatic heterocycles. The summed E-state index contributed by atoms with van der Waals surface area (Å²) in [7, 11) is 0. The first kappa shape index (κ1) is 14.8. The van der Waals surface area contributed by atoms with Gasteiger partial charge in [0.25, 0.3) is 0 Å². The van der Waals surface area contributed by atoms with Gasteiger partial charge < -0.3 is 10.1 Å². The Bertz CT molecular complexity index is 614. The number of anilines is 1. The fourth-order valence-electron chi connectivity index (χ4n) is 1.88. The third-order valence-corrected chi connectivity index (χ3v) is 3.06. The molecule has 0 aliphatic heterocycles. The van der Waals surface area contributed by atoms with E-state index in [2.05, 4.69) is 22.5 Å². The van der Waals surface area contributed by atoms with Gasteiger partial charge in [0.15, 0.2) is 6.73 Å². The Kier molecular flexibility index (Phi) is 5.15. The Labute approximate surface area is 124 Å². The smallest absolute Gasteiger partial charge is 0.323 e. The lowest BCUT2D eigenvalue weighted by Crippen LogP contribution is -2.32. The number of ether oxygens (including phenoxy) is 1. The quantitative estimate of drug-likeness (QED) is 0.830. The second-order valence-corrected chi connectivity index (χ2v) is 4.55. The van der Waals surface area contributed by atoms with Crippen LogP contribution in [0.3, 0.4) is 0 Å². The number of para-hydroxylation sites is 1. The zero-order chi connectivity index (χ0) is 15.1. The van der Waals surface area contributed by atoms with E-state index in [0.717, 1.165) is 23.3 Å². The van der Waals surface area contributed by atoms with Crippen molar-refractivity contribution in [2.75, 3.05) is 12.0 Å². The largest absolute Gasteiger partial charge is 0.473 e. The minimum atomic E-state index is -0.342. The molecule has 0 saturated carbocycles. The molecule has 1 aromatic carbocycles. The first-order valence-electron chi connectivity index (χ1n) is 6.88. The Hall–Kier alpha value is -2.56. The molecular weight excluding hydrogens is 266 g/mol. The van der Waals surface area contributed by atoms with Crippen molar-refractivity contribution < 1.29 is 9.53 Å². The van der Waals surface area contributed by atoms with Gasteiger partial charge in [0, 0.05) is 6.20 Å². The summed E-state index contributed by atoms with van der Waals surface area (Å²) in [5.41, 5.74) is 2.02. The molecule has 0 aliphatic carbocycles. The highest BCUT2D eigenvalue weighted by Crippen LogP contribution is 2.17. The number of pyridine rings is 1. The minimum Gasteiger partial charge on any atom is -0.473 e. The number of benzene rings is 1. The number of urea groups is 1. The predicted molar refractivity (Wildman–Crippen MR) is 82.4 cm³/mol. The maximum absolute atomic E-state index is 11.8. The SMILES string of the molecule is CCc1ccccc1OCNC(=O)Nc1ncccc1C. The first-order valence-corrected chi connectivity index (χ1v) is 6.88. The van der Waals surface area contributed by atoms with Crippen LogP contribution < -0.4 is 15.4 Å². The van der Waals surface area contributed by atoms with Crippen molar-refractivity contribution in [1.29, 1.82) is 0 Å². The molecule has 0 saturated heterocycles. The Morgan fingerprint density at radius 2 is 2.05 bits per heavy atom. The van der Waals surface area contributed by atoms with Crippen LogP contribution >= 0.6 is 0 Å². The van der Waals surface area contributed by atoms with Crippen LogP contribution in [0.5, 0.6) is 5.75 Å². The third-order valence-electron chi connectivity index (χ3n) is 3.06. The van der Waals surface area contributed by atoms with Gasteiger partial charge in [-0.1, -0.05) is 31.2 Å². The zero-order valence-corrected chi connectivity index (χ0v) is 12.2. The van der Waals surface area contributed by atoms with Gasteiger partial charge in [0.1, 0.15) is 11.6 Å². The Balaban J connectivity index is 1.83. The maximum Gasteiger partial charge on any atom is 0.323 e. The van der Waals surface area contributed by atoms with Gasteiger partial charge in [-0.3, -0.25) is 5.32 Å². The minimum absolute atomic E-state index is 0.106. The van der Waals surface area contributed by atoms with Crippen molar-refractivity contribution in [3.63, 3.8) is 0 Å². The number of nitrogens with zero attached hydrogens (tertiary/aromatic N) is 1. The summed E-state index contributed by atoms with van der Waals surface area (Å²) in [6, 6.07) is 11.1. The number of carbonyl (C=O) groups is 1. The van der Waals surface area contributed by atoms with Crippen LogP contribution in [0, 0.1) is 6.92 Å². The summed E-state index contributed by atoms with van der Waals surface area (Å²) in [5.74, 6) is 1.33. The Morgan fingerprint density at radius 3 is 2.81 bits per heavy atom. The summed E-state index contributed by atoms with van der Waals surface area (Å²) in [5, 5.41) is 5.33. The molecule has 0 atom stereocenters. The molecule has 5 nitrogen and oxygen atoms in total. The number of aromatic nitrogens is 1. The molecule has 0 radical (unpaired) electrons. The molecule has 21 heavy (non-hydrogen) atoms. The number of amides is 2. The van der Waals surface area contributed by atoms with Gasteiger partial charge in [-0.05, 0) is 36.6 Å². The van der Waals surface area contributed by atoms with E-state index in [1.54, 1.807) is 6.20 Å². The van der Waals surface area contributed by atoms with Crippen molar-refractivity contribution >= 4 is 11.8 Å². The second-order valence-electron chi connectivity index (χ2n) is 4.55. The van der Waals surface area contributed by atoms with E-state index in [1.807, 2.05) is 43.3 Å². The van der Waals surface area contributed by atoms with Crippen LogP contribution in [0.25, 0.3) is 0 Å². The van der Waals surface area contributed by atoms with Crippen LogP contribution in [0.4, 0.5) is 10.6 Å². The molecule has 0 bridgehead atoms. The highest BCUT2D eigenvalue weighted by Gasteiger charge is 2.05. The molecule has 0 fully saturated rings. The van der Waals surface area contributed by atoms with Crippen LogP contribution in [0.1, 0.15) is 18.1 Å². The van der Waals surface area contributed by atoms with Crippen molar-refractivity contribution in [2.24, 2.45) is 0 Å². The molecule has 5 heteroatoms. The zero-order valence-electron chi connectivity index (χ0n) is 12.2. The van der Waals surface area contributed by atoms with E-state index < -0.39 is 0 Å². The number of hydrogen-bond acceptors (Lipinski definition) is 3. The number of carbonyl (C=O) groups excluding carboxylic acids is 1. The first-order chi connectivity index (χ1) is 10.2. The van der Waals surface area contributed by atoms with Crippen molar-refractivity contribution in [3.8, 4) is 5.75 Å². The van der Waals surface area contributed by atoms with Crippen LogP contribution in [0.15, 0.2) is 42.6 Å². The molecule has 2 rings (SSSR count). The topological polar surface area (TPSA) is 63.2 Å². The maximum atomic E-state index is 11.8. The summed E-state index contributed by atoms with van der Waals surface area (Å²) in [6.07, 6.45) is 2.52. The van der Waals surface area contributed by atoms with Gasteiger partial charge in [0.2, 0.25) is 0 Å². The molecule has 1 heterocycles. The molecule has 110 valence electrons. The molecule has 2 aromatic rings. The van der Waals surface area contributed by atoms with Crippen molar-refractivity contribution in [1.82, 2.24) is 10.3 Å². The fraction of sp³-hybridized carbons (Fsp3) is 0.250. The standard InChI is InChI=1S/C16H19N3O2/c1-3-13-8-4-5-9-14(13)21-11-18-16(20)19-15-12(2)7-6-10-17-15/h4-10H,3,11H2,1-2H3,(H2,17,18,19,20). The summed E-state index contributed by atoms with van der Waals surface area (Å²) >= 11 is 0. The van der Waals surface area contributed by atoms with E-state index in [-0.39, 0.29) is 12.8 Å². The van der Waals surface area contributed by atoms with Crippen molar-refractivity contribution in [2.45, 2.75) is 20.3 Å². The molecule has 0 aliphatic rings. The molecule has 2 N–H and O–H groups in total. The summed E-state index contributed by atoms with van der Waals surface area (Å²) < 4.78 is 5.57. The van der Waals surface area contributed by atoms with Gasteiger partial charge in [-0.15, -0.1) is 0 Å². The third kappa shape index (κ3) is 4.21. The number of rotatable bonds is 5. The van der Waals surface area contributed by atoms with E-state index in [1.165, 1.54) is 0 Å². The lowest BCUT2D eigenvalue weighted by Gasteiger charge is -2.12. The fourth-order valence-corrected chi connectivity index (χ4v) is 1.88. The average molecular weight is 285 g/mol. The summed E-state index contributed by atoms with van der Waals surface area (Å²) in [4.78, 5) is 15.9. The van der Waals surface area contributed by atoms with Crippen LogP contribution in [0.2, 0.25) is 0 Å². The molecule has 0 unspecified atom stereocenters. The van der Waals surface area contributed by atoms with Crippen LogP contribution in [-0.4, -0.2) is 17.7 Å². The number of nitrogens with one attached hydrogen (secondary N) is 2. The molecular formula is C16H19N3O2. The van der Waals surface area contributed by atoms with Gasteiger partial charge >= 0.3 is 6.03 Å². The lowest BCUT2D eigenvalue weighted by molar-refractivity contribution is 0.234. The normalized spacial score (nSPS) is 10.0. The average Bonchev–Trinajstić information content (AvgIpc) is 2.50. The molecule has 2 amide bonds. The highest BCUT2D eigenvalue weighted by molar-refractivity contribution is 5.88. The van der Waals surface area contributed by atoms with Crippen molar-refractivity contribution in [3.05, 3.63) is 53.7 Å². The second kappa shape index (κ2) is 7.28. The van der Waals surface area contributed by atoms with Crippen LogP contribution in [-0.2, 0) is 6.42 Å². The van der Waals surface area contributed by atoms with Gasteiger partial charge in [-0.25, -0.2) is 9.78 Å². The van der Waals surface area contributed by atoms with E-state index in [0.29, 0.717) is 5.82 Å². The van der Waals surface area contributed by atoms with E-state index in [9.17, 15) is 4.79 Å². The Morgan fingerprint density at radius 1 is 1.24 bits per heavy atom. The molecule has 0 spiro atoms.